The molecule has 2 heterocycles. The molecule has 2 aromatic carbocycles. The van der Waals surface area contributed by atoms with Crippen molar-refractivity contribution in [1.29, 1.82) is 0 Å². The first-order valence-electron chi connectivity index (χ1n) is 11.7. The van der Waals surface area contributed by atoms with Gasteiger partial charge in [-0.3, -0.25) is 4.90 Å². The number of carbonyl (C=O) groups is 2. The number of rotatable bonds is 5. The minimum absolute atomic E-state index is 0.141. The Morgan fingerprint density at radius 3 is 2.48 bits per heavy atom. The molecule has 7 heteroatoms. The Kier molecular flexibility index (Phi) is 6.61. The number of carbonyl (C=O) groups excluding carboxylic acids is 2. The highest BCUT2D eigenvalue weighted by Crippen LogP contribution is 2.55. The van der Waals surface area contributed by atoms with Crippen LogP contribution in [0.3, 0.4) is 0 Å². The smallest absolute Gasteiger partial charge is 0.338 e. The van der Waals surface area contributed by atoms with Gasteiger partial charge in [-0.15, -0.1) is 0 Å². The number of nitrogens with one attached hydrogen (secondary N) is 1. The molecule has 1 atom stereocenters. The summed E-state index contributed by atoms with van der Waals surface area (Å²) in [4.78, 5) is 29.2. The van der Waals surface area contributed by atoms with Gasteiger partial charge in [-0.05, 0) is 69.5 Å². The molecule has 2 saturated heterocycles. The van der Waals surface area contributed by atoms with E-state index in [0.29, 0.717) is 43.0 Å². The Balaban J connectivity index is 1.41. The van der Waals surface area contributed by atoms with Crippen LogP contribution in [0.5, 0.6) is 5.75 Å². The fraction of sp³-hybridized carbons (Fsp3) is 0.462. The van der Waals surface area contributed by atoms with Gasteiger partial charge in [0.2, 0.25) is 0 Å². The van der Waals surface area contributed by atoms with Gasteiger partial charge in [0, 0.05) is 42.8 Å². The van der Waals surface area contributed by atoms with E-state index in [1.165, 1.54) is 5.56 Å². The highest BCUT2D eigenvalue weighted by atomic mass is 16.5. The van der Waals surface area contributed by atoms with Crippen molar-refractivity contribution in [3.63, 3.8) is 0 Å². The predicted molar refractivity (Wildman–Crippen MR) is 127 cm³/mol. The summed E-state index contributed by atoms with van der Waals surface area (Å²) in [6, 6.07) is 15.0. The summed E-state index contributed by atoms with van der Waals surface area (Å²) in [5.74, 6) is -0.116. The second-order valence-electron chi connectivity index (χ2n) is 9.34. The van der Waals surface area contributed by atoms with E-state index in [1.54, 1.807) is 43.3 Å². The lowest BCUT2D eigenvalue weighted by atomic mass is 9.62. The van der Waals surface area contributed by atoms with Crippen LogP contribution < -0.4 is 5.32 Å². The second kappa shape index (κ2) is 9.43. The fourth-order valence-electron chi connectivity index (χ4n) is 5.19. The van der Waals surface area contributed by atoms with E-state index < -0.39 is 5.97 Å². The van der Waals surface area contributed by atoms with Gasteiger partial charge in [0.05, 0.1) is 12.2 Å². The van der Waals surface area contributed by atoms with Crippen LogP contribution in [-0.4, -0.2) is 59.2 Å². The third-order valence-electron chi connectivity index (χ3n) is 6.95. The Bertz CT molecular complexity index is 997. The van der Waals surface area contributed by atoms with Crippen molar-refractivity contribution in [2.24, 2.45) is 5.41 Å². The van der Waals surface area contributed by atoms with Crippen LogP contribution in [0.2, 0.25) is 0 Å². The number of amides is 2. The van der Waals surface area contributed by atoms with Crippen LogP contribution in [0.1, 0.15) is 55.6 Å². The monoisotopic (exact) mass is 451 g/mol. The van der Waals surface area contributed by atoms with Gasteiger partial charge in [0.15, 0.2) is 0 Å². The van der Waals surface area contributed by atoms with Gasteiger partial charge in [-0.25, -0.2) is 9.59 Å². The van der Waals surface area contributed by atoms with E-state index in [4.69, 9.17) is 4.74 Å². The normalized spacial score (nSPS) is 19.9. The number of nitrogens with zero attached hydrogens (tertiary/aromatic N) is 2. The third-order valence-corrected chi connectivity index (χ3v) is 6.95. The van der Waals surface area contributed by atoms with E-state index >= 15 is 0 Å². The standard InChI is InChI=1S/C26H33N3O4/c1-4-33-24(31)20-6-5-7-21(16-20)27-25(32)28-14-12-26(13-15-28)17-29(18(2)3)23(26)19-8-10-22(30)11-9-19/h5-11,16,18,23,30H,4,12-15,17H2,1-3H3,(H,27,32). The maximum atomic E-state index is 12.9. The topological polar surface area (TPSA) is 82.1 Å². The highest BCUT2D eigenvalue weighted by Gasteiger charge is 2.54. The minimum atomic E-state index is -0.395. The van der Waals surface area contributed by atoms with Gasteiger partial charge in [0.1, 0.15) is 5.75 Å². The molecule has 0 saturated carbocycles. The largest absolute Gasteiger partial charge is 0.508 e. The van der Waals surface area contributed by atoms with E-state index in [1.807, 2.05) is 17.0 Å². The number of benzene rings is 2. The molecule has 1 spiro atoms. The number of phenolic OH excluding ortho intramolecular Hbond substituents is 1. The van der Waals surface area contributed by atoms with E-state index in [-0.39, 0.29) is 17.2 Å². The lowest BCUT2D eigenvalue weighted by Crippen LogP contribution is -2.64. The van der Waals surface area contributed by atoms with Crippen molar-refractivity contribution in [2.75, 3.05) is 31.6 Å². The summed E-state index contributed by atoms with van der Waals surface area (Å²) >= 11 is 0. The summed E-state index contributed by atoms with van der Waals surface area (Å²) in [6.07, 6.45) is 1.86. The van der Waals surface area contributed by atoms with Crippen LogP contribution in [0, 0.1) is 5.41 Å². The van der Waals surface area contributed by atoms with Crippen molar-refractivity contribution < 1.29 is 19.4 Å². The molecule has 0 radical (unpaired) electrons. The highest BCUT2D eigenvalue weighted by molar-refractivity contribution is 5.94. The Hall–Kier alpha value is -3.06. The molecule has 2 aliphatic rings. The fourth-order valence-corrected chi connectivity index (χ4v) is 5.19. The molecule has 0 bridgehead atoms. The SMILES string of the molecule is CCOC(=O)c1cccc(NC(=O)N2CCC3(CC2)CN(C(C)C)C3c2ccc(O)cc2)c1. The zero-order valence-electron chi connectivity index (χ0n) is 19.6. The summed E-state index contributed by atoms with van der Waals surface area (Å²) in [5.41, 5.74) is 2.37. The number of urea groups is 1. The summed E-state index contributed by atoms with van der Waals surface area (Å²) in [7, 11) is 0. The Morgan fingerprint density at radius 1 is 1.15 bits per heavy atom. The summed E-state index contributed by atoms with van der Waals surface area (Å²) in [6.45, 7) is 8.90. The van der Waals surface area contributed by atoms with Crippen LogP contribution in [-0.2, 0) is 4.74 Å². The maximum absolute atomic E-state index is 12.9. The van der Waals surface area contributed by atoms with Crippen molar-refractivity contribution >= 4 is 17.7 Å². The minimum Gasteiger partial charge on any atom is -0.508 e. The first-order chi connectivity index (χ1) is 15.8. The molecule has 176 valence electrons. The molecule has 0 aliphatic carbocycles. The van der Waals surface area contributed by atoms with E-state index in [0.717, 1.165) is 19.4 Å². The number of esters is 1. The first kappa shape index (κ1) is 23.1. The van der Waals surface area contributed by atoms with Crippen molar-refractivity contribution in [1.82, 2.24) is 9.80 Å². The zero-order valence-corrected chi connectivity index (χ0v) is 19.6. The number of hydrogen-bond donors (Lipinski definition) is 2. The lowest BCUT2D eigenvalue weighted by molar-refractivity contribution is -0.123. The zero-order chi connectivity index (χ0) is 23.6. The number of piperidine rings is 1. The molecule has 2 N–H and O–H groups in total. The molecule has 2 aliphatic heterocycles. The van der Waals surface area contributed by atoms with E-state index in [9.17, 15) is 14.7 Å². The van der Waals surface area contributed by atoms with Gasteiger partial charge in [-0.1, -0.05) is 18.2 Å². The molecule has 1 unspecified atom stereocenters. The van der Waals surface area contributed by atoms with Crippen LogP contribution in [0.4, 0.5) is 10.5 Å². The Labute approximate surface area is 195 Å². The van der Waals surface area contributed by atoms with Crippen LogP contribution in [0.15, 0.2) is 48.5 Å². The van der Waals surface area contributed by atoms with Crippen molar-refractivity contribution in [3.05, 3.63) is 59.7 Å². The van der Waals surface area contributed by atoms with Crippen LogP contribution >= 0.6 is 0 Å². The predicted octanol–water partition coefficient (Wildman–Crippen LogP) is 4.65. The summed E-state index contributed by atoms with van der Waals surface area (Å²) < 4.78 is 5.04. The third kappa shape index (κ3) is 4.69. The molecule has 2 aromatic rings. The molecule has 7 nitrogen and oxygen atoms in total. The molecular weight excluding hydrogens is 418 g/mol. The lowest BCUT2D eigenvalue weighted by Gasteiger charge is -2.62. The van der Waals surface area contributed by atoms with Gasteiger partial charge >= 0.3 is 12.0 Å². The number of phenols is 1. The number of aromatic hydroxyl groups is 1. The molecule has 33 heavy (non-hydrogen) atoms. The number of anilines is 1. The first-order valence-corrected chi connectivity index (χ1v) is 11.7. The number of hydrogen-bond acceptors (Lipinski definition) is 5. The number of likely N-dealkylation sites (tertiary alicyclic amines) is 2. The van der Waals surface area contributed by atoms with Crippen molar-refractivity contribution in [3.8, 4) is 5.75 Å². The van der Waals surface area contributed by atoms with Gasteiger partial charge in [0.25, 0.3) is 0 Å². The molecule has 0 aromatic heterocycles. The molecule has 2 fully saturated rings. The van der Waals surface area contributed by atoms with Crippen molar-refractivity contribution in [2.45, 2.75) is 45.7 Å². The molecule has 4 rings (SSSR count). The second-order valence-corrected chi connectivity index (χ2v) is 9.34. The van der Waals surface area contributed by atoms with Gasteiger partial charge < -0.3 is 20.1 Å². The average molecular weight is 452 g/mol. The van der Waals surface area contributed by atoms with E-state index in [2.05, 4.69) is 24.1 Å². The Morgan fingerprint density at radius 2 is 1.85 bits per heavy atom. The maximum Gasteiger partial charge on any atom is 0.338 e. The quantitative estimate of drug-likeness (QED) is 0.647. The molecular formula is C26H33N3O4. The average Bonchev–Trinajstić information content (AvgIpc) is 2.79. The summed E-state index contributed by atoms with van der Waals surface area (Å²) in [5, 5.41) is 12.6. The van der Waals surface area contributed by atoms with Gasteiger partial charge in [-0.2, -0.15) is 0 Å². The molecule has 2 amide bonds. The van der Waals surface area contributed by atoms with Crippen LogP contribution in [0.25, 0.3) is 0 Å². The number of ether oxygens (including phenoxy) is 1.